The van der Waals surface area contributed by atoms with Crippen molar-refractivity contribution in [2.75, 3.05) is 33.2 Å². The number of aliphatic hydroxyl groups is 1. The fourth-order valence-corrected chi connectivity index (χ4v) is 5.48. The lowest BCUT2D eigenvalue weighted by molar-refractivity contribution is 0.0759. The van der Waals surface area contributed by atoms with Crippen molar-refractivity contribution in [3.05, 3.63) is 65.7 Å². The highest BCUT2D eigenvalue weighted by atomic mass is 19.1. The predicted octanol–water partition coefficient (Wildman–Crippen LogP) is 3.03. The lowest BCUT2D eigenvalue weighted by atomic mass is 9.95. The Balaban J connectivity index is 1.59. The van der Waals surface area contributed by atoms with E-state index in [0.717, 1.165) is 19.3 Å². The van der Waals surface area contributed by atoms with Gasteiger partial charge in [0.15, 0.2) is 5.82 Å². The number of benzene rings is 1. The smallest absolute Gasteiger partial charge is 0.257 e. The quantitative estimate of drug-likeness (QED) is 0.794. The molecule has 2 aliphatic rings. The number of hydrogen-bond acceptors (Lipinski definition) is 4. The minimum absolute atomic E-state index is 0.0136. The first kappa shape index (κ1) is 20.9. The Labute approximate surface area is 177 Å². The van der Waals surface area contributed by atoms with E-state index in [-0.39, 0.29) is 35.3 Å². The van der Waals surface area contributed by atoms with Crippen molar-refractivity contribution in [3.63, 3.8) is 0 Å². The second-order valence-corrected chi connectivity index (χ2v) is 9.28. The maximum Gasteiger partial charge on any atom is 0.257 e. The largest absolute Gasteiger partial charge is 0.391 e. The molecule has 1 aromatic carbocycles. The van der Waals surface area contributed by atoms with Crippen LogP contribution < -0.4 is 0 Å². The van der Waals surface area contributed by atoms with E-state index >= 15 is 0 Å². The van der Waals surface area contributed by atoms with Gasteiger partial charge in [-0.15, -0.1) is 0 Å². The summed E-state index contributed by atoms with van der Waals surface area (Å²) >= 11 is 0. The maximum absolute atomic E-state index is 14.1. The monoisotopic (exact) mass is 411 g/mol. The van der Waals surface area contributed by atoms with E-state index in [4.69, 9.17) is 0 Å². The SMILES string of the molecule is CC(C)CN(C)C[C@@H]1[C@@H](c2ccccc2)[C@]12CN(C(=O)c1ccncc1F)C[C@H]2O. The Hall–Kier alpha value is -2.31. The Morgan fingerprint density at radius 1 is 1.33 bits per heavy atom. The maximum atomic E-state index is 14.1. The summed E-state index contributed by atoms with van der Waals surface area (Å²) in [5.74, 6) is -0.0105. The van der Waals surface area contributed by atoms with Gasteiger partial charge in [0.25, 0.3) is 5.91 Å². The molecule has 160 valence electrons. The minimum atomic E-state index is -0.631. The standard InChI is InChI=1S/C24H30FN3O2/c1-16(2)12-27(3)13-19-22(17-7-5-4-6-8-17)24(19)15-28(14-21(24)29)23(30)18-9-10-26-11-20(18)25/h4-11,16,19,21-22,29H,12-15H2,1-3H3/t19-,21-,22-,24-/m1/s1. The van der Waals surface area contributed by atoms with Crippen LogP contribution in [0, 0.1) is 23.1 Å². The van der Waals surface area contributed by atoms with E-state index in [2.05, 4.69) is 42.9 Å². The molecule has 0 unspecified atom stereocenters. The van der Waals surface area contributed by atoms with Crippen LogP contribution in [0.2, 0.25) is 0 Å². The van der Waals surface area contributed by atoms with Crippen LogP contribution in [0.15, 0.2) is 48.8 Å². The molecule has 2 heterocycles. The molecule has 1 saturated carbocycles. The number of aliphatic hydroxyl groups excluding tert-OH is 1. The lowest BCUT2D eigenvalue weighted by Gasteiger charge is -2.21. The molecule has 1 aliphatic carbocycles. The summed E-state index contributed by atoms with van der Waals surface area (Å²) in [7, 11) is 2.12. The van der Waals surface area contributed by atoms with E-state index in [1.54, 1.807) is 4.90 Å². The minimum Gasteiger partial charge on any atom is -0.391 e. The van der Waals surface area contributed by atoms with Gasteiger partial charge in [0, 0.05) is 37.8 Å². The van der Waals surface area contributed by atoms with Gasteiger partial charge < -0.3 is 14.9 Å². The van der Waals surface area contributed by atoms with Crippen LogP contribution in [0.4, 0.5) is 4.39 Å². The summed E-state index contributed by atoms with van der Waals surface area (Å²) in [4.78, 5) is 20.6. The topological polar surface area (TPSA) is 56.7 Å². The molecule has 2 fully saturated rings. The predicted molar refractivity (Wildman–Crippen MR) is 114 cm³/mol. The fraction of sp³-hybridized carbons (Fsp3) is 0.500. The number of carbonyl (C=O) groups is 1. The normalized spacial score (nSPS) is 28.0. The molecule has 4 rings (SSSR count). The molecule has 0 bridgehead atoms. The van der Waals surface area contributed by atoms with E-state index in [9.17, 15) is 14.3 Å². The second kappa shape index (κ2) is 8.08. The Morgan fingerprint density at radius 2 is 2.07 bits per heavy atom. The van der Waals surface area contributed by atoms with Crippen molar-refractivity contribution in [3.8, 4) is 0 Å². The summed E-state index contributed by atoms with van der Waals surface area (Å²) in [5.41, 5.74) is 0.828. The summed E-state index contributed by atoms with van der Waals surface area (Å²) in [5, 5.41) is 11.1. The molecular formula is C24H30FN3O2. The number of rotatable bonds is 6. The highest BCUT2D eigenvalue weighted by Gasteiger charge is 2.71. The average Bonchev–Trinajstić information content (AvgIpc) is 3.19. The van der Waals surface area contributed by atoms with Crippen LogP contribution in [0.3, 0.4) is 0 Å². The number of aromatic nitrogens is 1. The van der Waals surface area contributed by atoms with Crippen LogP contribution in [0.1, 0.15) is 35.7 Å². The Kier molecular flexibility index (Phi) is 5.64. The summed E-state index contributed by atoms with van der Waals surface area (Å²) < 4.78 is 14.1. The number of β-amino-alcohol motifs (C(OH)–C–C–N with tert-alkyl or cyclic N) is 1. The van der Waals surface area contributed by atoms with Crippen molar-refractivity contribution < 1.29 is 14.3 Å². The Bertz CT molecular complexity index is 906. The van der Waals surface area contributed by atoms with Crippen molar-refractivity contribution in [2.45, 2.75) is 25.9 Å². The van der Waals surface area contributed by atoms with E-state index in [1.165, 1.54) is 17.8 Å². The van der Waals surface area contributed by atoms with Gasteiger partial charge in [-0.1, -0.05) is 44.2 Å². The third-order valence-electron chi connectivity index (χ3n) is 6.68. The zero-order valence-corrected chi connectivity index (χ0v) is 17.8. The number of likely N-dealkylation sites (tertiary alicyclic amines) is 1. The molecule has 6 heteroatoms. The molecule has 1 saturated heterocycles. The molecule has 4 atom stereocenters. The van der Waals surface area contributed by atoms with E-state index < -0.39 is 11.9 Å². The molecule has 1 aromatic heterocycles. The van der Waals surface area contributed by atoms with Crippen LogP contribution in [0.5, 0.6) is 0 Å². The molecule has 1 amide bonds. The number of pyridine rings is 1. The van der Waals surface area contributed by atoms with Gasteiger partial charge >= 0.3 is 0 Å². The van der Waals surface area contributed by atoms with Gasteiger partial charge in [0.2, 0.25) is 0 Å². The van der Waals surface area contributed by atoms with Gasteiger partial charge in [0.05, 0.1) is 17.9 Å². The van der Waals surface area contributed by atoms with Crippen LogP contribution in [-0.2, 0) is 0 Å². The Morgan fingerprint density at radius 3 is 2.73 bits per heavy atom. The molecule has 2 aromatic rings. The fourth-order valence-electron chi connectivity index (χ4n) is 5.48. The van der Waals surface area contributed by atoms with Crippen molar-refractivity contribution >= 4 is 5.91 Å². The van der Waals surface area contributed by atoms with Crippen LogP contribution in [-0.4, -0.2) is 65.1 Å². The molecule has 30 heavy (non-hydrogen) atoms. The van der Waals surface area contributed by atoms with Gasteiger partial charge in [-0.25, -0.2) is 4.39 Å². The zero-order valence-electron chi connectivity index (χ0n) is 17.8. The lowest BCUT2D eigenvalue weighted by Crippen LogP contribution is -2.31. The zero-order chi connectivity index (χ0) is 21.5. The van der Waals surface area contributed by atoms with Gasteiger partial charge in [-0.05, 0) is 36.4 Å². The number of carbonyl (C=O) groups excluding carboxylic acids is 1. The van der Waals surface area contributed by atoms with Gasteiger partial charge in [-0.3, -0.25) is 9.78 Å². The van der Waals surface area contributed by atoms with E-state index in [1.807, 2.05) is 18.2 Å². The summed E-state index contributed by atoms with van der Waals surface area (Å²) in [6, 6.07) is 11.7. The molecule has 1 spiro atoms. The van der Waals surface area contributed by atoms with Crippen molar-refractivity contribution in [1.29, 1.82) is 0 Å². The molecule has 0 radical (unpaired) electrons. The van der Waals surface area contributed by atoms with Crippen LogP contribution >= 0.6 is 0 Å². The molecule has 1 N–H and O–H groups in total. The molecule has 1 aliphatic heterocycles. The van der Waals surface area contributed by atoms with Gasteiger partial charge in [0.1, 0.15) is 0 Å². The summed E-state index contributed by atoms with van der Waals surface area (Å²) in [6.07, 6.45) is 1.85. The third-order valence-corrected chi connectivity index (χ3v) is 6.68. The molecule has 5 nitrogen and oxygen atoms in total. The first-order valence-corrected chi connectivity index (χ1v) is 10.6. The highest BCUT2D eigenvalue weighted by Crippen LogP contribution is 2.69. The van der Waals surface area contributed by atoms with Crippen LogP contribution in [0.25, 0.3) is 0 Å². The van der Waals surface area contributed by atoms with Gasteiger partial charge in [-0.2, -0.15) is 0 Å². The summed E-state index contributed by atoms with van der Waals surface area (Å²) in [6.45, 7) is 6.90. The average molecular weight is 412 g/mol. The third kappa shape index (κ3) is 3.63. The van der Waals surface area contributed by atoms with E-state index in [0.29, 0.717) is 12.5 Å². The number of hydrogen-bond donors (Lipinski definition) is 1. The van der Waals surface area contributed by atoms with Crippen molar-refractivity contribution in [1.82, 2.24) is 14.8 Å². The molecular weight excluding hydrogens is 381 g/mol. The first-order chi connectivity index (χ1) is 14.3. The van der Waals surface area contributed by atoms with Crippen molar-refractivity contribution in [2.24, 2.45) is 17.3 Å². The second-order valence-electron chi connectivity index (χ2n) is 9.28. The first-order valence-electron chi connectivity index (χ1n) is 10.6. The number of nitrogens with zero attached hydrogens (tertiary/aromatic N) is 3. The number of halogens is 1. The number of amides is 1. The highest BCUT2D eigenvalue weighted by molar-refractivity contribution is 5.94.